The average molecular weight is 282 g/mol. The Labute approximate surface area is 118 Å². The third-order valence-corrected chi connectivity index (χ3v) is 5.18. The lowest BCUT2D eigenvalue weighted by atomic mass is 9.79. The molecule has 3 rings (SSSR count). The number of hydrogen-bond donors (Lipinski definition) is 1. The Morgan fingerprint density at radius 3 is 2.68 bits per heavy atom. The van der Waals surface area contributed by atoms with E-state index in [4.69, 9.17) is 12.2 Å². The van der Waals surface area contributed by atoms with E-state index in [0.717, 1.165) is 25.2 Å². The molecule has 1 aliphatic heterocycles. The third kappa shape index (κ3) is 2.37. The number of hydrogen-bond acceptors (Lipinski definition) is 4. The third-order valence-electron chi connectivity index (χ3n) is 4.70. The van der Waals surface area contributed by atoms with Crippen LogP contribution in [0.1, 0.15) is 37.9 Å². The number of aliphatic hydroxyl groups is 1. The van der Waals surface area contributed by atoms with E-state index in [9.17, 15) is 5.11 Å². The summed E-state index contributed by atoms with van der Waals surface area (Å²) in [5, 5.41) is 13.7. The highest BCUT2D eigenvalue weighted by molar-refractivity contribution is 7.71. The zero-order valence-electron chi connectivity index (χ0n) is 11.5. The van der Waals surface area contributed by atoms with Gasteiger partial charge in [0.1, 0.15) is 6.61 Å². The van der Waals surface area contributed by atoms with Crippen molar-refractivity contribution in [1.29, 1.82) is 0 Å². The van der Waals surface area contributed by atoms with Crippen LogP contribution >= 0.6 is 12.2 Å². The molecule has 0 bridgehead atoms. The van der Waals surface area contributed by atoms with Crippen LogP contribution in [0, 0.1) is 10.7 Å². The smallest absolute Gasteiger partial charge is 0.198 e. The van der Waals surface area contributed by atoms with Crippen LogP contribution in [-0.2, 0) is 20.3 Å². The number of aliphatic hydroxyl groups excluding tert-OH is 1. The zero-order valence-corrected chi connectivity index (χ0v) is 12.3. The Balaban J connectivity index is 1.75. The summed E-state index contributed by atoms with van der Waals surface area (Å²) in [5.74, 6) is 1.53. The summed E-state index contributed by atoms with van der Waals surface area (Å²) in [4.78, 5) is 2.52. The molecular formula is C13H22N4OS. The molecule has 1 aromatic heterocycles. The van der Waals surface area contributed by atoms with E-state index in [0.29, 0.717) is 10.6 Å². The van der Waals surface area contributed by atoms with Gasteiger partial charge in [-0.2, -0.15) is 5.10 Å². The molecule has 1 saturated carbocycles. The van der Waals surface area contributed by atoms with Crippen LogP contribution in [0.2, 0.25) is 0 Å². The molecule has 106 valence electrons. The molecule has 6 heteroatoms. The first-order valence-corrected chi connectivity index (χ1v) is 7.59. The van der Waals surface area contributed by atoms with Crippen molar-refractivity contribution in [2.45, 2.75) is 51.4 Å². The minimum atomic E-state index is -0.0564. The summed E-state index contributed by atoms with van der Waals surface area (Å²) < 4.78 is 4.35. The van der Waals surface area contributed by atoms with E-state index in [1.807, 2.05) is 11.7 Å². The predicted molar refractivity (Wildman–Crippen MR) is 75.0 cm³/mol. The molecule has 1 saturated heterocycles. The first kappa shape index (κ1) is 13.3. The van der Waals surface area contributed by atoms with E-state index < -0.39 is 0 Å². The second-order valence-corrected chi connectivity index (χ2v) is 6.13. The van der Waals surface area contributed by atoms with Gasteiger partial charge < -0.3 is 9.67 Å². The average Bonchev–Trinajstić information content (AvgIpc) is 2.88. The van der Waals surface area contributed by atoms with Gasteiger partial charge in [-0.25, -0.2) is 4.68 Å². The molecule has 1 atom stereocenters. The second-order valence-electron chi connectivity index (χ2n) is 5.77. The van der Waals surface area contributed by atoms with Gasteiger partial charge in [0.2, 0.25) is 0 Å². The van der Waals surface area contributed by atoms with Gasteiger partial charge in [0.25, 0.3) is 0 Å². The van der Waals surface area contributed by atoms with Crippen LogP contribution in [-0.4, -0.2) is 36.9 Å². The van der Waals surface area contributed by atoms with Crippen molar-refractivity contribution in [3.63, 3.8) is 0 Å². The van der Waals surface area contributed by atoms with Crippen LogP contribution < -0.4 is 0 Å². The monoisotopic (exact) mass is 282 g/mol. The van der Waals surface area contributed by atoms with Crippen molar-refractivity contribution >= 4 is 12.2 Å². The molecule has 0 spiro atoms. The highest BCUT2D eigenvalue weighted by atomic mass is 32.1. The van der Waals surface area contributed by atoms with Crippen LogP contribution in [0.15, 0.2) is 0 Å². The van der Waals surface area contributed by atoms with E-state index in [-0.39, 0.29) is 6.61 Å². The first-order valence-electron chi connectivity index (χ1n) is 7.18. The Kier molecular flexibility index (Phi) is 3.73. The number of nitrogens with zero attached hydrogens (tertiary/aromatic N) is 4. The fourth-order valence-corrected chi connectivity index (χ4v) is 3.52. The highest BCUT2D eigenvalue weighted by Crippen LogP contribution is 2.37. The molecule has 5 nitrogen and oxygen atoms in total. The molecule has 2 aliphatic rings. The summed E-state index contributed by atoms with van der Waals surface area (Å²) in [5.41, 5.74) is 0. The van der Waals surface area contributed by atoms with Gasteiger partial charge in [-0.15, -0.1) is 0 Å². The predicted octanol–water partition coefficient (Wildman–Crippen LogP) is 1.67. The maximum Gasteiger partial charge on any atom is 0.198 e. The molecule has 0 amide bonds. The van der Waals surface area contributed by atoms with Gasteiger partial charge in [0.15, 0.2) is 10.6 Å². The lowest BCUT2D eigenvalue weighted by molar-refractivity contribution is 0.0997. The Bertz CT molecular complexity index is 505. The van der Waals surface area contributed by atoms with Gasteiger partial charge in [-0.3, -0.25) is 4.90 Å². The van der Waals surface area contributed by atoms with Crippen molar-refractivity contribution in [3.05, 3.63) is 10.6 Å². The Morgan fingerprint density at radius 2 is 2.11 bits per heavy atom. The van der Waals surface area contributed by atoms with E-state index >= 15 is 0 Å². The second kappa shape index (κ2) is 5.34. The topological polar surface area (TPSA) is 46.2 Å². The molecule has 2 fully saturated rings. The number of rotatable bonds is 4. The summed E-state index contributed by atoms with van der Waals surface area (Å²) in [7, 11) is 1.87. The molecule has 0 aromatic carbocycles. The normalized spacial score (nSPS) is 24.8. The van der Waals surface area contributed by atoms with Gasteiger partial charge in [0.05, 0.1) is 6.67 Å². The Morgan fingerprint density at radius 1 is 1.32 bits per heavy atom. The van der Waals surface area contributed by atoms with Gasteiger partial charge in [0, 0.05) is 19.6 Å². The molecule has 1 N–H and O–H groups in total. The Hall–Kier alpha value is -0.720. The SMILES string of the molecule is Cn1c(CO)nn(CN2CCCC2C2CCC2)c1=S. The van der Waals surface area contributed by atoms with Crippen molar-refractivity contribution in [2.75, 3.05) is 6.54 Å². The van der Waals surface area contributed by atoms with Gasteiger partial charge in [-0.05, 0) is 43.8 Å². The molecule has 2 heterocycles. The highest BCUT2D eigenvalue weighted by Gasteiger charge is 2.35. The van der Waals surface area contributed by atoms with E-state index in [1.54, 1.807) is 4.57 Å². The standard InChI is InChI=1S/C13H22N4OS/c1-15-12(8-18)14-17(13(15)19)9-16-7-3-6-11(16)10-4-2-5-10/h10-11,18H,2-9H2,1H3. The molecule has 19 heavy (non-hydrogen) atoms. The summed E-state index contributed by atoms with van der Waals surface area (Å²) in [6.07, 6.45) is 6.77. The number of aromatic nitrogens is 3. The van der Waals surface area contributed by atoms with Gasteiger partial charge >= 0.3 is 0 Å². The molecular weight excluding hydrogens is 260 g/mol. The van der Waals surface area contributed by atoms with Crippen molar-refractivity contribution in [1.82, 2.24) is 19.2 Å². The minimum absolute atomic E-state index is 0.0564. The minimum Gasteiger partial charge on any atom is -0.388 e. The number of likely N-dealkylation sites (tertiary alicyclic amines) is 1. The van der Waals surface area contributed by atoms with Crippen molar-refractivity contribution in [3.8, 4) is 0 Å². The molecule has 1 aliphatic carbocycles. The maximum atomic E-state index is 9.25. The largest absolute Gasteiger partial charge is 0.388 e. The molecule has 1 aromatic rings. The van der Waals surface area contributed by atoms with Crippen LogP contribution in [0.25, 0.3) is 0 Å². The van der Waals surface area contributed by atoms with Crippen LogP contribution in [0.4, 0.5) is 0 Å². The maximum absolute atomic E-state index is 9.25. The summed E-state index contributed by atoms with van der Waals surface area (Å²) in [6, 6.07) is 0.718. The van der Waals surface area contributed by atoms with Crippen molar-refractivity contribution < 1.29 is 5.11 Å². The summed E-state index contributed by atoms with van der Waals surface area (Å²) >= 11 is 5.39. The summed E-state index contributed by atoms with van der Waals surface area (Å²) in [6.45, 7) is 1.86. The fourth-order valence-electron chi connectivity index (χ4n) is 3.32. The fraction of sp³-hybridized carbons (Fsp3) is 0.846. The molecule has 0 radical (unpaired) electrons. The molecule has 1 unspecified atom stereocenters. The van der Waals surface area contributed by atoms with Crippen LogP contribution in [0.3, 0.4) is 0 Å². The first-order chi connectivity index (χ1) is 9.20. The van der Waals surface area contributed by atoms with Gasteiger partial charge in [-0.1, -0.05) is 6.42 Å². The zero-order chi connectivity index (χ0) is 13.4. The van der Waals surface area contributed by atoms with E-state index in [2.05, 4.69) is 10.00 Å². The van der Waals surface area contributed by atoms with Crippen LogP contribution in [0.5, 0.6) is 0 Å². The van der Waals surface area contributed by atoms with Crippen molar-refractivity contribution in [2.24, 2.45) is 13.0 Å². The quantitative estimate of drug-likeness (QED) is 0.853. The lowest BCUT2D eigenvalue weighted by Gasteiger charge is -2.36. The lowest BCUT2D eigenvalue weighted by Crippen LogP contribution is -2.39. The van der Waals surface area contributed by atoms with E-state index in [1.165, 1.54) is 32.1 Å².